The van der Waals surface area contributed by atoms with Crippen LogP contribution in [0.25, 0.3) is 10.9 Å². The molecule has 1 amide bonds. The summed E-state index contributed by atoms with van der Waals surface area (Å²) in [7, 11) is 5.20. The monoisotopic (exact) mass is 514 g/mol. The van der Waals surface area contributed by atoms with Gasteiger partial charge in [0.2, 0.25) is 5.91 Å². The van der Waals surface area contributed by atoms with Gasteiger partial charge in [-0.1, -0.05) is 36.4 Å². The largest absolute Gasteiger partial charge is 0.506 e. The summed E-state index contributed by atoms with van der Waals surface area (Å²) in [5.41, 5.74) is 3.34. The van der Waals surface area contributed by atoms with Crippen LogP contribution >= 0.6 is 0 Å². The minimum Gasteiger partial charge on any atom is -0.506 e. The Morgan fingerprint density at radius 1 is 0.947 bits per heavy atom. The first-order valence-electron chi connectivity index (χ1n) is 12.1. The number of phenolic OH excluding ortho intramolecular Hbond substituents is 1. The quantitative estimate of drug-likeness (QED) is 0.236. The fourth-order valence-electron chi connectivity index (χ4n) is 4.13. The number of carbonyl (C=O) groups excluding carboxylic acids is 2. The van der Waals surface area contributed by atoms with Crippen molar-refractivity contribution in [3.8, 4) is 11.6 Å². The number of esters is 1. The summed E-state index contributed by atoms with van der Waals surface area (Å²) in [4.78, 5) is 35.5. The zero-order valence-electron chi connectivity index (χ0n) is 21.7. The second kappa shape index (κ2) is 11.2. The van der Waals surface area contributed by atoms with E-state index >= 15 is 0 Å². The van der Waals surface area contributed by atoms with Gasteiger partial charge in [0.15, 0.2) is 5.88 Å². The third-order valence-electron chi connectivity index (χ3n) is 5.96. The van der Waals surface area contributed by atoms with Gasteiger partial charge in [-0.2, -0.15) is 0 Å². The molecular formula is C29H30N4O5. The zero-order chi connectivity index (χ0) is 27.4. The molecule has 0 aliphatic carbocycles. The number of nitrogens with one attached hydrogen (secondary N) is 1. The summed E-state index contributed by atoms with van der Waals surface area (Å²) in [6.45, 7) is 2.20. The molecule has 0 saturated carbocycles. The predicted octanol–water partition coefficient (Wildman–Crippen LogP) is 4.45. The number of aromatic nitrogens is 1. The number of likely N-dealkylation sites (N-methyl/N-ethyl adjacent to an activating group) is 2. The van der Waals surface area contributed by atoms with E-state index < -0.39 is 5.97 Å². The number of hydrogen-bond donors (Lipinski definition) is 3. The molecule has 1 heterocycles. The molecule has 9 heteroatoms. The number of amides is 1. The number of fused-ring (bicyclic) bond motifs is 1. The highest BCUT2D eigenvalue weighted by Gasteiger charge is 2.21. The lowest BCUT2D eigenvalue weighted by Gasteiger charge is -2.20. The number of aliphatic imine (C=N–C) groups is 1. The van der Waals surface area contributed by atoms with Gasteiger partial charge >= 0.3 is 5.97 Å². The summed E-state index contributed by atoms with van der Waals surface area (Å²) in [5.74, 6) is -0.835. The van der Waals surface area contributed by atoms with Crippen LogP contribution in [0.15, 0.2) is 71.7 Å². The number of ether oxygens (including phenoxy) is 1. The third-order valence-corrected chi connectivity index (χ3v) is 5.96. The normalized spacial score (nSPS) is 11.7. The van der Waals surface area contributed by atoms with Crippen LogP contribution in [0.4, 0.5) is 11.4 Å². The number of aromatic hydroxyl groups is 2. The van der Waals surface area contributed by atoms with Crippen molar-refractivity contribution < 1.29 is 24.5 Å². The maximum atomic E-state index is 12.5. The molecule has 196 valence electrons. The first-order chi connectivity index (χ1) is 18.2. The summed E-state index contributed by atoms with van der Waals surface area (Å²) < 4.78 is 5.09. The van der Waals surface area contributed by atoms with E-state index in [0.717, 1.165) is 5.56 Å². The van der Waals surface area contributed by atoms with E-state index in [1.807, 2.05) is 30.3 Å². The van der Waals surface area contributed by atoms with Crippen molar-refractivity contribution in [3.63, 3.8) is 0 Å². The van der Waals surface area contributed by atoms with Crippen molar-refractivity contribution in [1.29, 1.82) is 0 Å². The Morgan fingerprint density at radius 2 is 1.68 bits per heavy atom. The number of anilines is 1. The van der Waals surface area contributed by atoms with Crippen molar-refractivity contribution in [2.24, 2.45) is 4.99 Å². The molecule has 0 unspecified atom stereocenters. The van der Waals surface area contributed by atoms with Crippen LogP contribution in [0.5, 0.6) is 11.6 Å². The lowest BCUT2D eigenvalue weighted by atomic mass is 10.00. The highest BCUT2D eigenvalue weighted by atomic mass is 16.5. The molecule has 0 atom stereocenters. The van der Waals surface area contributed by atoms with E-state index in [-0.39, 0.29) is 30.7 Å². The highest BCUT2D eigenvalue weighted by Crippen LogP contribution is 2.35. The molecule has 3 aromatic carbocycles. The average Bonchev–Trinajstić information content (AvgIpc) is 3.21. The van der Waals surface area contributed by atoms with E-state index in [4.69, 9.17) is 9.73 Å². The molecule has 0 saturated heterocycles. The number of rotatable bonds is 8. The van der Waals surface area contributed by atoms with Gasteiger partial charge in [-0.15, -0.1) is 0 Å². The van der Waals surface area contributed by atoms with Crippen LogP contribution in [0, 0.1) is 0 Å². The molecule has 0 radical (unpaired) electrons. The summed E-state index contributed by atoms with van der Waals surface area (Å²) >= 11 is 0. The van der Waals surface area contributed by atoms with E-state index in [1.165, 1.54) is 11.0 Å². The lowest BCUT2D eigenvalue weighted by Crippen LogP contribution is -2.35. The second-order valence-corrected chi connectivity index (χ2v) is 9.02. The molecule has 0 aliphatic rings. The van der Waals surface area contributed by atoms with Crippen molar-refractivity contribution in [3.05, 3.63) is 83.4 Å². The van der Waals surface area contributed by atoms with E-state index in [2.05, 4.69) is 4.98 Å². The fraction of sp³-hybridized carbons (Fsp3) is 0.207. The minimum atomic E-state index is -0.452. The van der Waals surface area contributed by atoms with E-state index in [0.29, 0.717) is 39.1 Å². The number of nitrogens with zero attached hydrogens (tertiary/aromatic N) is 3. The Labute approximate surface area is 220 Å². The smallest absolute Gasteiger partial charge is 0.338 e. The number of carbonyl (C=O) groups is 2. The number of phenols is 1. The van der Waals surface area contributed by atoms with Gasteiger partial charge in [-0.05, 0) is 45.3 Å². The number of benzene rings is 3. The fourth-order valence-corrected chi connectivity index (χ4v) is 4.13. The molecule has 9 nitrogen and oxygen atoms in total. The van der Waals surface area contributed by atoms with Crippen LogP contribution in [-0.4, -0.2) is 72.0 Å². The molecule has 0 fully saturated rings. The molecule has 4 aromatic rings. The molecule has 0 spiro atoms. The van der Waals surface area contributed by atoms with Crippen molar-refractivity contribution in [1.82, 2.24) is 9.88 Å². The average molecular weight is 515 g/mol. The van der Waals surface area contributed by atoms with Gasteiger partial charge in [-0.3, -0.25) is 4.79 Å². The Bertz CT molecular complexity index is 1510. The number of aromatic amines is 1. The standard InChI is InChI=1S/C29H30N4O5/c1-5-38-29(37)19-11-13-21-22(15-19)31-28(36)26(21)27(18-9-7-6-8-10-18)30-20-12-14-23(24(34)16-20)33(4)25(35)17-32(2)3/h6-16,31,34,36H,5,17H2,1-4H3. The minimum absolute atomic E-state index is 0.101. The van der Waals surface area contributed by atoms with Crippen molar-refractivity contribution in [2.45, 2.75) is 6.92 Å². The number of hydrogen-bond acceptors (Lipinski definition) is 7. The van der Waals surface area contributed by atoms with Gasteiger partial charge in [0.25, 0.3) is 0 Å². The van der Waals surface area contributed by atoms with Gasteiger partial charge in [0.1, 0.15) is 5.75 Å². The second-order valence-electron chi connectivity index (χ2n) is 9.02. The van der Waals surface area contributed by atoms with Crippen LogP contribution in [0.3, 0.4) is 0 Å². The zero-order valence-corrected chi connectivity index (χ0v) is 21.7. The molecule has 4 rings (SSSR count). The maximum Gasteiger partial charge on any atom is 0.338 e. The van der Waals surface area contributed by atoms with E-state index in [9.17, 15) is 19.8 Å². The molecule has 38 heavy (non-hydrogen) atoms. The molecule has 0 aliphatic heterocycles. The Balaban J connectivity index is 1.80. The molecule has 0 bridgehead atoms. The molecule has 3 N–H and O–H groups in total. The van der Waals surface area contributed by atoms with Crippen LogP contribution in [-0.2, 0) is 9.53 Å². The molecule has 1 aromatic heterocycles. The maximum absolute atomic E-state index is 12.5. The third kappa shape index (κ3) is 5.52. The van der Waals surface area contributed by atoms with Crippen molar-refractivity contribution in [2.75, 3.05) is 39.2 Å². The number of H-pyrrole nitrogens is 1. The predicted molar refractivity (Wildman–Crippen MR) is 148 cm³/mol. The van der Waals surface area contributed by atoms with Crippen molar-refractivity contribution >= 4 is 39.9 Å². The Kier molecular flexibility index (Phi) is 7.78. The van der Waals surface area contributed by atoms with Gasteiger partial charge in [-0.25, -0.2) is 9.79 Å². The lowest BCUT2D eigenvalue weighted by molar-refractivity contribution is -0.118. The van der Waals surface area contributed by atoms with Crippen LogP contribution < -0.4 is 4.90 Å². The first-order valence-corrected chi connectivity index (χ1v) is 12.1. The van der Waals surface area contributed by atoms with Crippen LogP contribution in [0.1, 0.15) is 28.4 Å². The van der Waals surface area contributed by atoms with E-state index in [1.54, 1.807) is 63.3 Å². The molecular weight excluding hydrogens is 484 g/mol. The first kappa shape index (κ1) is 26.4. The summed E-state index contributed by atoms with van der Waals surface area (Å²) in [5, 5.41) is 22.3. The topological polar surface area (TPSA) is 118 Å². The summed E-state index contributed by atoms with van der Waals surface area (Å²) in [6.07, 6.45) is 0. The van der Waals surface area contributed by atoms with Crippen LogP contribution in [0.2, 0.25) is 0 Å². The SMILES string of the molecule is CCOC(=O)c1ccc2c(C(=Nc3ccc(N(C)C(=O)CN(C)C)c(O)c3)c3ccccc3)c(O)[nH]c2c1. The highest BCUT2D eigenvalue weighted by molar-refractivity contribution is 6.22. The Hall–Kier alpha value is -4.63. The summed E-state index contributed by atoms with van der Waals surface area (Å²) in [6, 6.07) is 19.1. The van der Waals surface area contributed by atoms with Gasteiger partial charge in [0, 0.05) is 29.6 Å². The van der Waals surface area contributed by atoms with Gasteiger partial charge in [0.05, 0.1) is 41.4 Å². The van der Waals surface area contributed by atoms with Gasteiger partial charge < -0.3 is 29.7 Å². The Morgan fingerprint density at radius 3 is 2.34 bits per heavy atom.